The second-order valence-electron chi connectivity index (χ2n) is 5.27. The quantitative estimate of drug-likeness (QED) is 0.910. The summed E-state index contributed by atoms with van der Waals surface area (Å²) in [5, 5.41) is 2.90. The molecule has 2 heterocycles. The Morgan fingerprint density at radius 1 is 1.43 bits per heavy atom. The smallest absolute Gasteiger partial charge is 0.240 e. The number of fused-ring (bicyclic) bond motifs is 1. The van der Waals surface area contributed by atoms with Crippen LogP contribution < -0.4 is 10.2 Å². The minimum Gasteiger partial charge on any atom is -0.381 e. The average Bonchev–Trinajstić information content (AvgIpc) is 3.01. The Labute approximate surface area is 128 Å². The number of para-hydroxylation sites is 1. The Hall–Kier alpha value is -1.53. The maximum atomic E-state index is 12.1. The van der Waals surface area contributed by atoms with Gasteiger partial charge < -0.3 is 15.0 Å². The molecule has 2 aliphatic heterocycles. The van der Waals surface area contributed by atoms with Gasteiger partial charge in [-0.1, -0.05) is 12.1 Å². The van der Waals surface area contributed by atoms with E-state index in [2.05, 4.69) is 5.32 Å². The van der Waals surface area contributed by atoms with Crippen LogP contribution in [0.2, 0.25) is 0 Å². The first-order chi connectivity index (χ1) is 10.2. The van der Waals surface area contributed by atoms with Crippen LogP contribution in [0.5, 0.6) is 0 Å². The molecule has 0 aliphatic carbocycles. The summed E-state index contributed by atoms with van der Waals surface area (Å²) in [6, 6.07) is 7.70. The Balaban J connectivity index is 1.60. The first-order valence-electron chi connectivity index (χ1n) is 7.10. The van der Waals surface area contributed by atoms with E-state index in [0.717, 1.165) is 23.6 Å². The molecule has 112 valence electrons. The number of nitrogens with one attached hydrogen (secondary N) is 1. The van der Waals surface area contributed by atoms with Crippen molar-refractivity contribution in [2.45, 2.75) is 11.3 Å². The molecule has 0 bridgehead atoms. The summed E-state index contributed by atoms with van der Waals surface area (Å²) in [7, 11) is 0. The van der Waals surface area contributed by atoms with Gasteiger partial charge in [-0.3, -0.25) is 9.59 Å². The van der Waals surface area contributed by atoms with E-state index in [1.165, 1.54) is 11.8 Å². The van der Waals surface area contributed by atoms with Gasteiger partial charge in [-0.05, 0) is 18.6 Å². The lowest BCUT2D eigenvalue weighted by molar-refractivity contribution is -0.123. The van der Waals surface area contributed by atoms with E-state index in [-0.39, 0.29) is 18.4 Å². The summed E-state index contributed by atoms with van der Waals surface area (Å²) < 4.78 is 5.28. The SMILES string of the molecule is O=C(CN1C(=O)CSc2ccccc21)NC[C@@H]1CCOC1. The zero-order valence-corrected chi connectivity index (χ0v) is 12.5. The molecule has 1 atom stereocenters. The first-order valence-corrected chi connectivity index (χ1v) is 8.09. The van der Waals surface area contributed by atoms with Crippen molar-refractivity contribution in [1.82, 2.24) is 5.32 Å². The average molecular weight is 306 g/mol. The van der Waals surface area contributed by atoms with Gasteiger partial charge in [0.1, 0.15) is 6.54 Å². The van der Waals surface area contributed by atoms with Crippen molar-refractivity contribution in [3.8, 4) is 0 Å². The predicted octanol–water partition coefficient (Wildman–Crippen LogP) is 1.28. The lowest BCUT2D eigenvalue weighted by Gasteiger charge is -2.28. The number of thioether (sulfide) groups is 1. The topological polar surface area (TPSA) is 58.6 Å². The van der Waals surface area contributed by atoms with Crippen molar-refractivity contribution in [2.75, 3.05) is 37.0 Å². The molecular formula is C15H18N2O3S. The van der Waals surface area contributed by atoms with Crippen molar-refractivity contribution >= 4 is 29.3 Å². The van der Waals surface area contributed by atoms with Crippen LogP contribution in [0.4, 0.5) is 5.69 Å². The number of hydrogen-bond acceptors (Lipinski definition) is 4. The minimum atomic E-state index is -0.114. The van der Waals surface area contributed by atoms with Crippen LogP contribution in [0.25, 0.3) is 0 Å². The van der Waals surface area contributed by atoms with Gasteiger partial charge in [0, 0.05) is 24.0 Å². The molecule has 1 saturated heterocycles. The Morgan fingerprint density at radius 3 is 3.10 bits per heavy atom. The van der Waals surface area contributed by atoms with Gasteiger partial charge in [-0.25, -0.2) is 0 Å². The summed E-state index contributed by atoms with van der Waals surface area (Å²) in [5.74, 6) is 0.657. The molecule has 3 rings (SSSR count). The number of carbonyl (C=O) groups is 2. The fraction of sp³-hybridized carbons (Fsp3) is 0.467. The summed E-state index contributed by atoms with van der Waals surface area (Å²) in [5.41, 5.74) is 0.832. The van der Waals surface area contributed by atoms with Gasteiger partial charge >= 0.3 is 0 Å². The number of hydrogen-bond donors (Lipinski definition) is 1. The monoisotopic (exact) mass is 306 g/mol. The molecule has 0 aromatic heterocycles. The van der Waals surface area contributed by atoms with Gasteiger partial charge in [0.2, 0.25) is 11.8 Å². The molecule has 0 radical (unpaired) electrons. The molecule has 1 aromatic carbocycles. The van der Waals surface area contributed by atoms with Gasteiger partial charge in [0.05, 0.1) is 18.0 Å². The standard InChI is InChI=1S/C15H18N2O3S/c18-14(16-7-11-5-6-20-9-11)8-17-12-3-1-2-4-13(12)21-10-15(17)19/h1-4,11H,5-10H2,(H,16,18)/t11-/m0/s1. The number of nitrogens with zero attached hydrogens (tertiary/aromatic N) is 1. The van der Waals surface area contributed by atoms with Crippen molar-refractivity contribution in [1.29, 1.82) is 0 Å². The maximum Gasteiger partial charge on any atom is 0.240 e. The Bertz CT molecular complexity index is 543. The number of anilines is 1. The van der Waals surface area contributed by atoms with Crippen molar-refractivity contribution in [3.63, 3.8) is 0 Å². The number of ether oxygens (including phenoxy) is 1. The van der Waals surface area contributed by atoms with Crippen LogP contribution in [0, 0.1) is 5.92 Å². The second kappa shape index (κ2) is 6.49. The third-order valence-electron chi connectivity index (χ3n) is 3.72. The van der Waals surface area contributed by atoms with Crippen LogP contribution in [-0.4, -0.2) is 43.9 Å². The molecule has 0 spiro atoms. The number of benzene rings is 1. The van der Waals surface area contributed by atoms with E-state index in [4.69, 9.17) is 4.74 Å². The molecule has 21 heavy (non-hydrogen) atoms. The minimum absolute atomic E-state index is 0.0157. The molecule has 2 aliphatic rings. The van der Waals surface area contributed by atoms with Crippen molar-refractivity contribution in [3.05, 3.63) is 24.3 Å². The van der Waals surface area contributed by atoms with E-state index < -0.39 is 0 Å². The molecule has 0 saturated carbocycles. The van der Waals surface area contributed by atoms with E-state index in [1.54, 1.807) is 4.90 Å². The normalized spacial score (nSPS) is 21.2. The van der Waals surface area contributed by atoms with Crippen LogP contribution >= 0.6 is 11.8 Å². The highest BCUT2D eigenvalue weighted by Crippen LogP contribution is 2.34. The maximum absolute atomic E-state index is 12.1. The third-order valence-corrected chi connectivity index (χ3v) is 4.77. The second-order valence-corrected chi connectivity index (χ2v) is 6.29. The lowest BCUT2D eigenvalue weighted by Crippen LogP contribution is -2.44. The zero-order chi connectivity index (χ0) is 14.7. The molecule has 1 aromatic rings. The summed E-state index contributed by atoms with van der Waals surface area (Å²) in [4.78, 5) is 26.8. The predicted molar refractivity (Wildman–Crippen MR) is 81.5 cm³/mol. The Kier molecular flexibility index (Phi) is 4.45. The summed E-state index contributed by atoms with van der Waals surface area (Å²) in [6.45, 7) is 2.19. The number of rotatable bonds is 4. The largest absolute Gasteiger partial charge is 0.381 e. The fourth-order valence-electron chi connectivity index (χ4n) is 2.53. The molecule has 1 fully saturated rings. The zero-order valence-electron chi connectivity index (χ0n) is 11.7. The van der Waals surface area contributed by atoms with Crippen LogP contribution in [0.1, 0.15) is 6.42 Å². The van der Waals surface area contributed by atoms with Crippen molar-refractivity contribution < 1.29 is 14.3 Å². The summed E-state index contributed by atoms with van der Waals surface area (Å²) in [6.07, 6.45) is 0.988. The van der Waals surface area contributed by atoms with E-state index >= 15 is 0 Å². The number of carbonyl (C=O) groups excluding carboxylic acids is 2. The van der Waals surface area contributed by atoms with E-state index in [9.17, 15) is 9.59 Å². The highest BCUT2D eigenvalue weighted by molar-refractivity contribution is 8.00. The van der Waals surface area contributed by atoms with E-state index in [0.29, 0.717) is 24.8 Å². The Morgan fingerprint density at radius 2 is 2.29 bits per heavy atom. The van der Waals surface area contributed by atoms with Crippen LogP contribution in [0.15, 0.2) is 29.2 Å². The van der Waals surface area contributed by atoms with Gasteiger partial charge in [0.25, 0.3) is 0 Å². The highest BCUT2D eigenvalue weighted by Gasteiger charge is 2.26. The number of amides is 2. The molecule has 0 unspecified atom stereocenters. The summed E-state index contributed by atoms with van der Waals surface area (Å²) >= 11 is 1.52. The third kappa shape index (κ3) is 3.39. The lowest BCUT2D eigenvalue weighted by atomic mass is 10.1. The first kappa shape index (κ1) is 14.4. The van der Waals surface area contributed by atoms with E-state index in [1.807, 2.05) is 24.3 Å². The molecule has 2 amide bonds. The van der Waals surface area contributed by atoms with Gasteiger partial charge in [0.15, 0.2) is 0 Å². The van der Waals surface area contributed by atoms with Gasteiger partial charge in [-0.2, -0.15) is 0 Å². The highest BCUT2D eigenvalue weighted by atomic mass is 32.2. The molecule has 5 nitrogen and oxygen atoms in total. The van der Waals surface area contributed by atoms with Crippen LogP contribution in [-0.2, 0) is 14.3 Å². The fourth-order valence-corrected chi connectivity index (χ4v) is 3.47. The molecule has 6 heteroatoms. The molecule has 1 N–H and O–H groups in total. The molecular weight excluding hydrogens is 288 g/mol. The van der Waals surface area contributed by atoms with Crippen LogP contribution in [0.3, 0.4) is 0 Å². The van der Waals surface area contributed by atoms with Gasteiger partial charge in [-0.15, -0.1) is 11.8 Å². The van der Waals surface area contributed by atoms with Crippen molar-refractivity contribution in [2.24, 2.45) is 5.92 Å².